The third-order valence-electron chi connectivity index (χ3n) is 5.42. The number of aryl methyl sites for hydroxylation is 4. The van der Waals surface area contributed by atoms with E-state index >= 15 is 0 Å². The van der Waals surface area contributed by atoms with Crippen LogP contribution >= 0.6 is 0 Å². The van der Waals surface area contributed by atoms with Gasteiger partial charge < -0.3 is 10.6 Å². The minimum atomic E-state index is -0.235. The van der Waals surface area contributed by atoms with Crippen LogP contribution in [-0.2, 0) is 4.79 Å². The van der Waals surface area contributed by atoms with E-state index in [-0.39, 0.29) is 18.0 Å². The number of nitrogens with one attached hydrogen (secondary N) is 1. The zero-order valence-electron chi connectivity index (χ0n) is 18.0. The Morgan fingerprint density at radius 2 is 1.34 bits per heavy atom. The monoisotopic (exact) mass is 387 g/mol. The van der Waals surface area contributed by atoms with Crippen LogP contribution in [0.5, 0.6) is 0 Å². The summed E-state index contributed by atoms with van der Waals surface area (Å²) in [6.45, 7) is 10.2. The molecule has 0 aliphatic heterocycles. The first kappa shape index (κ1) is 20.8. The number of hydrogen-bond donors (Lipinski definition) is 2. The summed E-state index contributed by atoms with van der Waals surface area (Å²) in [4.78, 5) is 13.0. The normalized spacial score (nSPS) is 13.0. The van der Waals surface area contributed by atoms with Crippen molar-refractivity contribution >= 4 is 11.6 Å². The van der Waals surface area contributed by atoms with Crippen LogP contribution < -0.4 is 10.6 Å². The van der Waals surface area contributed by atoms with E-state index in [1.807, 2.05) is 39.0 Å². The topological polar surface area (TPSA) is 45.7 Å². The van der Waals surface area contributed by atoms with Crippen molar-refractivity contribution in [1.82, 2.24) is 0 Å². The summed E-state index contributed by atoms with van der Waals surface area (Å²) in [5.41, 5.74) is 7.95. The lowest BCUT2D eigenvalue weighted by atomic mass is 9.97. The van der Waals surface area contributed by atoms with Gasteiger partial charge in [-0.2, -0.15) is 0 Å². The first-order valence-corrected chi connectivity index (χ1v) is 10.2. The highest BCUT2D eigenvalue weighted by Gasteiger charge is 2.25. The van der Waals surface area contributed by atoms with Crippen molar-refractivity contribution in [2.75, 3.05) is 5.32 Å². The van der Waals surface area contributed by atoms with Gasteiger partial charge in [0, 0.05) is 16.8 Å². The van der Waals surface area contributed by atoms with Gasteiger partial charge in [-0.3, -0.25) is 4.79 Å². The molecule has 3 nitrogen and oxygen atoms in total. The number of nitrogens with two attached hydrogens (primary N) is 1. The third kappa shape index (κ3) is 5.12. The molecule has 1 amide bonds. The fraction of sp³-hybridized carbons (Fsp3) is 0.269. The maximum atomic E-state index is 13.0. The molecule has 3 aromatic rings. The molecule has 3 aromatic carbocycles. The fourth-order valence-electron chi connectivity index (χ4n) is 3.84. The lowest BCUT2D eigenvalue weighted by molar-refractivity contribution is -0.704. The van der Waals surface area contributed by atoms with Gasteiger partial charge in [0.05, 0.1) is 0 Å². The molecule has 0 saturated heterocycles. The smallest absolute Gasteiger partial charge is 0.282 e. The van der Waals surface area contributed by atoms with E-state index in [1.165, 1.54) is 22.3 Å². The van der Waals surface area contributed by atoms with Crippen molar-refractivity contribution < 1.29 is 10.1 Å². The van der Waals surface area contributed by atoms with Crippen molar-refractivity contribution in [3.05, 3.63) is 100 Å². The second-order valence-corrected chi connectivity index (χ2v) is 8.04. The Labute approximate surface area is 174 Å². The van der Waals surface area contributed by atoms with Crippen LogP contribution in [0.1, 0.15) is 46.3 Å². The van der Waals surface area contributed by atoms with Crippen molar-refractivity contribution in [1.29, 1.82) is 0 Å². The van der Waals surface area contributed by atoms with Crippen molar-refractivity contribution in [3.8, 4) is 0 Å². The first-order valence-electron chi connectivity index (χ1n) is 10.2. The summed E-state index contributed by atoms with van der Waals surface area (Å²) in [5.74, 6) is 0.0214. The molecule has 150 valence electrons. The Bertz CT molecular complexity index is 954. The molecule has 0 heterocycles. The predicted molar refractivity (Wildman–Crippen MR) is 120 cm³/mol. The SMILES string of the molecule is Cc1ccc([C@H]([NH2+][C@@H](C)C(=O)Nc2c(C)cc(C)cc2C)c2ccccc2)cc1. The standard InChI is InChI=1S/C26H30N2O/c1-17-11-13-23(14-12-17)25(22-9-7-6-8-10-22)27-21(5)26(29)28-24-19(3)15-18(2)16-20(24)4/h6-16,21,25,27H,1-5H3,(H,28,29)/p+1/t21-,25+/m0/s1. The van der Waals surface area contributed by atoms with E-state index in [0.29, 0.717) is 0 Å². The number of benzene rings is 3. The Morgan fingerprint density at radius 3 is 1.93 bits per heavy atom. The van der Waals surface area contributed by atoms with E-state index in [1.54, 1.807) is 0 Å². The molecule has 3 heteroatoms. The van der Waals surface area contributed by atoms with E-state index in [9.17, 15) is 4.79 Å². The van der Waals surface area contributed by atoms with Crippen LogP contribution in [0.15, 0.2) is 66.7 Å². The molecule has 0 saturated carbocycles. The van der Waals surface area contributed by atoms with Gasteiger partial charge in [-0.05, 0) is 45.7 Å². The number of carbonyl (C=O) groups excluding carboxylic acids is 1. The average Bonchev–Trinajstić information content (AvgIpc) is 2.70. The maximum Gasteiger partial charge on any atom is 0.282 e. The molecule has 0 aliphatic rings. The molecule has 2 atom stereocenters. The molecule has 0 fully saturated rings. The lowest BCUT2D eigenvalue weighted by Gasteiger charge is -2.22. The number of carbonyl (C=O) groups is 1. The summed E-state index contributed by atoms with van der Waals surface area (Å²) < 4.78 is 0. The summed E-state index contributed by atoms with van der Waals surface area (Å²) >= 11 is 0. The molecule has 3 rings (SSSR count). The van der Waals surface area contributed by atoms with Gasteiger partial charge in [-0.25, -0.2) is 0 Å². The van der Waals surface area contributed by atoms with Crippen molar-refractivity contribution in [2.45, 2.75) is 46.7 Å². The number of amides is 1. The van der Waals surface area contributed by atoms with Crippen LogP contribution in [0, 0.1) is 27.7 Å². The third-order valence-corrected chi connectivity index (χ3v) is 5.42. The second-order valence-electron chi connectivity index (χ2n) is 8.04. The van der Waals surface area contributed by atoms with Gasteiger partial charge in [0.25, 0.3) is 5.91 Å². The van der Waals surface area contributed by atoms with Crippen LogP contribution in [0.3, 0.4) is 0 Å². The van der Waals surface area contributed by atoms with Gasteiger partial charge in [-0.1, -0.05) is 77.9 Å². The van der Waals surface area contributed by atoms with Crippen LogP contribution in [0.2, 0.25) is 0 Å². The summed E-state index contributed by atoms with van der Waals surface area (Å²) in [7, 11) is 0. The predicted octanol–water partition coefficient (Wildman–Crippen LogP) is 4.60. The highest BCUT2D eigenvalue weighted by atomic mass is 16.2. The lowest BCUT2D eigenvalue weighted by Crippen LogP contribution is -2.92. The number of hydrogen-bond acceptors (Lipinski definition) is 1. The van der Waals surface area contributed by atoms with E-state index in [4.69, 9.17) is 0 Å². The largest absolute Gasteiger partial charge is 0.326 e. The van der Waals surface area contributed by atoms with Crippen molar-refractivity contribution in [2.24, 2.45) is 0 Å². The molecular weight excluding hydrogens is 356 g/mol. The van der Waals surface area contributed by atoms with Gasteiger partial charge in [0.1, 0.15) is 6.04 Å². The van der Waals surface area contributed by atoms with Gasteiger partial charge in [-0.15, -0.1) is 0 Å². The Kier molecular flexibility index (Phi) is 6.50. The van der Waals surface area contributed by atoms with Crippen molar-refractivity contribution in [3.63, 3.8) is 0 Å². The summed E-state index contributed by atoms with van der Waals surface area (Å²) in [6.07, 6.45) is 0. The Balaban J connectivity index is 1.82. The highest BCUT2D eigenvalue weighted by molar-refractivity contribution is 5.95. The zero-order valence-corrected chi connectivity index (χ0v) is 18.0. The number of rotatable bonds is 6. The van der Waals surface area contributed by atoms with E-state index in [2.05, 4.69) is 73.0 Å². The van der Waals surface area contributed by atoms with Crippen LogP contribution in [0.25, 0.3) is 0 Å². The quantitative estimate of drug-likeness (QED) is 0.638. The van der Waals surface area contributed by atoms with Gasteiger partial charge in [0.15, 0.2) is 6.04 Å². The molecule has 0 bridgehead atoms. The van der Waals surface area contributed by atoms with Gasteiger partial charge >= 0.3 is 0 Å². The number of quaternary nitrogens is 1. The minimum absolute atomic E-state index is 0.0214. The Morgan fingerprint density at radius 1 is 0.793 bits per heavy atom. The van der Waals surface area contributed by atoms with Crippen LogP contribution in [-0.4, -0.2) is 11.9 Å². The molecule has 0 aromatic heterocycles. The highest BCUT2D eigenvalue weighted by Crippen LogP contribution is 2.22. The fourth-order valence-corrected chi connectivity index (χ4v) is 3.84. The van der Waals surface area contributed by atoms with Crippen LogP contribution in [0.4, 0.5) is 5.69 Å². The molecule has 0 unspecified atom stereocenters. The molecular formula is C26H31N2O+. The second kappa shape index (κ2) is 9.06. The molecule has 0 aliphatic carbocycles. The molecule has 0 spiro atoms. The average molecular weight is 388 g/mol. The summed E-state index contributed by atoms with van der Waals surface area (Å²) in [6, 6.07) is 23.0. The maximum absolute atomic E-state index is 13.0. The summed E-state index contributed by atoms with van der Waals surface area (Å²) in [5, 5.41) is 5.30. The minimum Gasteiger partial charge on any atom is -0.326 e. The Hall–Kier alpha value is -2.91. The van der Waals surface area contributed by atoms with Gasteiger partial charge in [0.2, 0.25) is 0 Å². The zero-order chi connectivity index (χ0) is 21.0. The first-order chi connectivity index (χ1) is 13.8. The van der Waals surface area contributed by atoms with E-state index < -0.39 is 0 Å². The molecule has 29 heavy (non-hydrogen) atoms. The molecule has 0 radical (unpaired) electrons. The van der Waals surface area contributed by atoms with E-state index in [0.717, 1.165) is 16.8 Å². The molecule has 3 N–H and O–H groups in total. The number of anilines is 1.